The molecule has 3 aromatic rings. The molecule has 3 rings (SSSR count). The van der Waals surface area contributed by atoms with Gasteiger partial charge in [-0.2, -0.15) is 0 Å². The van der Waals surface area contributed by atoms with Crippen LogP contribution in [0.5, 0.6) is 0 Å². The second kappa shape index (κ2) is 6.75. The third kappa shape index (κ3) is 3.49. The summed E-state index contributed by atoms with van der Waals surface area (Å²) in [5.74, 6) is -0.306. The van der Waals surface area contributed by atoms with Crippen molar-refractivity contribution >= 4 is 20.9 Å². The van der Waals surface area contributed by atoms with Crippen LogP contribution in [-0.4, -0.2) is 19.9 Å². The first-order valence-corrected chi connectivity index (χ1v) is 9.32. The van der Waals surface area contributed by atoms with Gasteiger partial charge in [-0.05, 0) is 54.3 Å². The number of aryl methyl sites for hydroxylation is 1. The normalized spacial score (nSPS) is 11.9. The summed E-state index contributed by atoms with van der Waals surface area (Å²) < 4.78 is 40.6. The number of rotatable bonds is 6. The van der Waals surface area contributed by atoms with Crippen molar-refractivity contribution in [3.05, 3.63) is 65.6 Å². The predicted molar refractivity (Wildman–Crippen MR) is 93.0 cm³/mol. The molecule has 2 N–H and O–H groups in total. The summed E-state index contributed by atoms with van der Waals surface area (Å²) in [5, 5.41) is 0.779. The summed E-state index contributed by atoms with van der Waals surface area (Å²) >= 11 is 0. The van der Waals surface area contributed by atoms with Gasteiger partial charge < -0.3 is 4.98 Å². The van der Waals surface area contributed by atoms with Gasteiger partial charge in [0.15, 0.2) is 0 Å². The van der Waals surface area contributed by atoms with E-state index in [2.05, 4.69) is 9.71 Å². The lowest BCUT2D eigenvalue weighted by molar-refractivity contribution is 0.581. The number of H-pyrrole nitrogens is 1. The molecular weight excluding hydrogens is 327 g/mol. The third-order valence-corrected chi connectivity index (χ3v) is 5.53. The maximum atomic E-state index is 13.4. The summed E-state index contributed by atoms with van der Waals surface area (Å²) in [6.07, 6.45) is 3.13. The Kier molecular flexibility index (Phi) is 4.69. The first-order valence-electron chi connectivity index (χ1n) is 7.84. The number of fused-ring (bicyclic) bond motifs is 1. The van der Waals surface area contributed by atoms with Crippen LogP contribution in [0.15, 0.2) is 53.6 Å². The van der Waals surface area contributed by atoms with Crippen LogP contribution in [0.3, 0.4) is 0 Å². The van der Waals surface area contributed by atoms with Crippen molar-refractivity contribution in [1.29, 1.82) is 0 Å². The minimum absolute atomic E-state index is 0.251. The van der Waals surface area contributed by atoms with Crippen molar-refractivity contribution in [1.82, 2.24) is 9.71 Å². The summed E-state index contributed by atoms with van der Waals surface area (Å²) in [6, 6.07) is 11.4. The van der Waals surface area contributed by atoms with Crippen LogP contribution < -0.4 is 4.72 Å². The predicted octanol–water partition coefficient (Wildman–Crippen LogP) is 3.39. The lowest BCUT2D eigenvalue weighted by atomic mass is 10.1. The molecule has 0 saturated heterocycles. The average molecular weight is 346 g/mol. The van der Waals surface area contributed by atoms with E-state index in [1.54, 1.807) is 24.4 Å². The SMILES string of the molecule is CCc1ccc(S(=O)(=O)NCCc2c[nH]c3ccc(F)cc23)cc1. The Bertz CT molecular complexity index is 947. The fraction of sp³-hybridized carbons (Fsp3) is 0.222. The Hall–Kier alpha value is -2.18. The maximum absolute atomic E-state index is 13.4. The molecule has 0 unspecified atom stereocenters. The van der Waals surface area contributed by atoms with E-state index in [1.807, 2.05) is 19.1 Å². The molecule has 1 heterocycles. The van der Waals surface area contributed by atoms with Crippen molar-refractivity contribution in [3.8, 4) is 0 Å². The molecule has 2 aromatic carbocycles. The van der Waals surface area contributed by atoms with E-state index in [-0.39, 0.29) is 17.3 Å². The molecule has 4 nitrogen and oxygen atoms in total. The van der Waals surface area contributed by atoms with E-state index in [1.165, 1.54) is 12.1 Å². The largest absolute Gasteiger partial charge is 0.361 e. The minimum atomic E-state index is -3.53. The molecular formula is C18H19FN2O2S. The number of aromatic amines is 1. The van der Waals surface area contributed by atoms with Gasteiger partial charge in [-0.15, -0.1) is 0 Å². The molecule has 1 aromatic heterocycles. The molecule has 126 valence electrons. The van der Waals surface area contributed by atoms with Gasteiger partial charge in [-0.3, -0.25) is 0 Å². The Labute approximate surface area is 140 Å². The van der Waals surface area contributed by atoms with Crippen molar-refractivity contribution in [2.75, 3.05) is 6.54 Å². The molecule has 0 atom stereocenters. The zero-order valence-electron chi connectivity index (χ0n) is 13.3. The van der Waals surface area contributed by atoms with Crippen molar-refractivity contribution in [2.45, 2.75) is 24.7 Å². The third-order valence-electron chi connectivity index (χ3n) is 4.06. The highest BCUT2D eigenvalue weighted by atomic mass is 32.2. The van der Waals surface area contributed by atoms with Crippen LogP contribution in [0.4, 0.5) is 4.39 Å². The summed E-state index contributed by atoms with van der Waals surface area (Å²) in [6.45, 7) is 2.27. The van der Waals surface area contributed by atoms with Gasteiger partial charge in [0.2, 0.25) is 10.0 Å². The van der Waals surface area contributed by atoms with E-state index >= 15 is 0 Å². The average Bonchev–Trinajstić information content (AvgIpc) is 2.97. The van der Waals surface area contributed by atoms with Crippen LogP contribution in [0.25, 0.3) is 10.9 Å². The van der Waals surface area contributed by atoms with Gasteiger partial charge in [0.1, 0.15) is 5.82 Å². The molecule has 0 aliphatic rings. The second-order valence-electron chi connectivity index (χ2n) is 5.65. The summed E-state index contributed by atoms with van der Waals surface area (Å²) in [4.78, 5) is 3.32. The number of benzene rings is 2. The van der Waals surface area contributed by atoms with Gasteiger partial charge in [0.25, 0.3) is 0 Å². The van der Waals surface area contributed by atoms with E-state index in [9.17, 15) is 12.8 Å². The van der Waals surface area contributed by atoms with Crippen LogP contribution in [0, 0.1) is 5.82 Å². The Morgan fingerprint density at radius 3 is 2.58 bits per heavy atom. The molecule has 0 aliphatic carbocycles. The topological polar surface area (TPSA) is 62.0 Å². The fourth-order valence-electron chi connectivity index (χ4n) is 2.67. The Morgan fingerprint density at radius 1 is 1.12 bits per heavy atom. The fourth-order valence-corrected chi connectivity index (χ4v) is 3.70. The Morgan fingerprint density at radius 2 is 1.88 bits per heavy atom. The first-order chi connectivity index (χ1) is 11.5. The van der Waals surface area contributed by atoms with Gasteiger partial charge >= 0.3 is 0 Å². The Balaban J connectivity index is 1.69. The lowest BCUT2D eigenvalue weighted by Gasteiger charge is -2.07. The van der Waals surface area contributed by atoms with E-state index < -0.39 is 10.0 Å². The smallest absolute Gasteiger partial charge is 0.240 e. The van der Waals surface area contributed by atoms with Crippen molar-refractivity contribution in [3.63, 3.8) is 0 Å². The number of hydrogen-bond donors (Lipinski definition) is 2. The van der Waals surface area contributed by atoms with Crippen LogP contribution >= 0.6 is 0 Å². The summed E-state index contributed by atoms with van der Waals surface area (Å²) in [5.41, 5.74) is 2.81. The van der Waals surface area contributed by atoms with Gasteiger partial charge in [0, 0.05) is 23.6 Å². The quantitative estimate of drug-likeness (QED) is 0.719. The number of sulfonamides is 1. The molecule has 0 saturated carbocycles. The monoisotopic (exact) mass is 346 g/mol. The van der Waals surface area contributed by atoms with Gasteiger partial charge in [-0.25, -0.2) is 17.5 Å². The molecule has 0 bridgehead atoms. The van der Waals surface area contributed by atoms with Gasteiger partial charge in [-0.1, -0.05) is 19.1 Å². The van der Waals surface area contributed by atoms with Crippen LogP contribution in [0.2, 0.25) is 0 Å². The number of nitrogens with one attached hydrogen (secondary N) is 2. The standard InChI is InChI=1S/C18H19FN2O2S/c1-2-13-3-6-16(7-4-13)24(22,23)21-10-9-14-12-20-18-8-5-15(19)11-17(14)18/h3-8,11-12,20-21H,2,9-10H2,1H3. The summed E-state index contributed by atoms with van der Waals surface area (Å²) in [7, 11) is -3.53. The molecule has 0 amide bonds. The highest BCUT2D eigenvalue weighted by Gasteiger charge is 2.13. The zero-order valence-corrected chi connectivity index (χ0v) is 14.2. The molecule has 0 spiro atoms. The van der Waals surface area contributed by atoms with Crippen molar-refractivity contribution < 1.29 is 12.8 Å². The number of hydrogen-bond acceptors (Lipinski definition) is 2. The molecule has 0 aliphatic heterocycles. The van der Waals surface area contributed by atoms with E-state index in [0.29, 0.717) is 6.42 Å². The number of halogens is 1. The zero-order chi connectivity index (χ0) is 17.2. The molecule has 0 fully saturated rings. The molecule has 0 radical (unpaired) electrons. The van der Waals surface area contributed by atoms with Crippen molar-refractivity contribution in [2.24, 2.45) is 0 Å². The van der Waals surface area contributed by atoms with E-state index in [0.717, 1.165) is 28.5 Å². The minimum Gasteiger partial charge on any atom is -0.361 e. The van der Waals surface area contributed by atoms with Crippen LogP contribution in [0.1, 0.15) is 18.1 Å². The lowest BCUT2D eigenvalue weighted by Crippen LogP contribution is -2.25. The highest BCUT2D eigenvalue weighted by Crippen LogP contribution is 2.20. The van der Waals surface area contributed by atoms with E-state index in [4.69, 9.17) is 0 Å². The first kappa shape index (κ1) is 16.7. The molecule has 6 heteroatoms. The maximum Gasteiger partial charge on any atom is 0.240 e. The highest BCUT2D eigenvalue weighted by molar-refractivity contribution is 7.89. The second-order valence-corrected chi connectivity index (χ2v) is 7.42. The number of aromatic nitrogens is 1. The van der Waals surface area contributed by atoms with Gasteiger partial charge in [0.05, 0.1) is 4.90 Å². The molecule has 24 heavy (non-hydrogen) atoms. The van der Waals surface area contributed by atoms with Crippen LogP contribution in [-0.2, 0) is 22.9 Å².